The van der Waals surface area contributed by atoms with Gasteiger partial charge in [-0.05, 0) is 18.9 Å². The van der Waals surface area contributed by atoms with Crippen LogP contribution >= 0.6 is 0 Å². The lowest BCUT2D eigenvalue weighted by molar-refractivity contribution is -0.134. The Hall–Kier alpha value is -2.67. The van der Waals surface area contributed by atoms with Crippen molar-refractivity contribution in [1.29, 1.82) is 0 Å². The molecule has 1 aliphatic rings. The highest BCUT2D eigenvalue weighted by molar-refractivity contribution is 6.39. The quantitative estimate of drug-likeness (QED) is 0.821. The lowest BCUT2D eigenvalue weighted by Gasteiger charge is -2.18. The Morgan fingerprint density at radius 2 is 2.08 bits per heavy atom. The molecule has 7 nitrogen and oxygen atoms in total. The van der Waals surface area contributed by atoms with E-state index in [2.05, 4.69) is 27.4 Å². The van der Waals surface area contributed by atoms with Gasteiger partial charge in [0.15, 0.2) is 0 Å². The molecule has 0 unspecified atom stereocenters. The minimum absolute atomic E-state index is 0.158. The Morgan fingerprint density at radius 1 is 1.33 bits per heavy atom. The van der Waals surface area contributed by atoms with Gasteiger partial charge in [0.1, 0.15) is 5.82 Å². The summed E-state index contributed by atoms with van der Waals surface area (Å²) in [6.07, 6.45) is 2.63. The second-order valence-electron chi connectivity index (χ2n) is 6.10. The van der Waals surface area contributed by atoms with Crippen LogP contribution in [0, 0.1) is 6.92 Å². The number of aromatic nitrogens is 2. The van der Waals surface area contributed by atoms with Gasteiger partial charge in [0.2, 0.25) is 0 Å². The average Bonchev–Trinajstić information content (AvgIpc) is 3.16. The molecule has 1 fully saturated rings. The first-order chi connectivity index (χ1) is 11.5. The SMILES string of the molecule is Cc1cnn([C@H]2CCN(Cc3ccccc3)C2)c1NC(=O)C(N)=O. The zero-order valence-corrected chi connectivity index (χ0v) is 13.6. The second-order valence-corrected chi connectivity index (χ2v) is 6.10. The number of likely N-dealkylation sites (tertiary alicyclic amines) is 1. The monoisotopic (exact) mass is 327 g/mol. The number of primary amides is 1. The number of nitrogens with one attached hydrogen (secondary N) is 1. The normalized spacial score (nSPS) is 17.8. The molecule has 0 bridgehead atoms. The van der Waals surface area contributed by atoms with E-state index in [4.69, 9.17) is 5.73 Å². The number of nitrogens with two attached hydrogens (primary N) is 1. The standard InChI is InChI=1S/C17H21N5O2/c1-12-9-19-22(16(12)20-17(24)15(18)23)14-7-8-21(11-14)10-13-5-3-2-4-6-13/h2-6,9,14H,7-8,10-11H2,1H3,(H2,18,23)(H,20,24)/t14-/m0/s1. The molecular weight excluding hydrogens is 306 g/mol. The van der Waals surface area contributed by atoms with Gasteiger partial charge in [0.25, 0.3) is 0 Å². The average molecular weight is 327 g/mol. The summed E-state index contributed by atoms with van der Waals surface area (Å²) in [6, 6.07) is 10.5. The number of anilines is 1. The zero-order valence-electron chi connectivity index (χ0n) is 13.6. The molecule has 1 saturated heterocycles. The van der Waals surface area contributed by atoms with Crippen LogP contribution in [0.4, 0.5) is 5.82 Å². The summed E-state index contributed by atoms with van der Waals surface area (Å²) in [5, 5.41) is 6.94. The molecule has 1 aliphatic heterocycles. The highest BCUT2D eigenvalue weighted by Gasteiger charge is 2.27. The molecule has 0 spiro atoms. The molecule has 2 heterocycles. The van der Waals surface area contributed by atoms with Crippen LogP contribution in [0.25, 0.3) is 0 Å². The fraction of sp³-hybridized carbons (Fsp3) is 0.353. The Morgan fingerprint density at radius 3 is 2.79 bits per heavy atom. The van der Waals surface area contributed by atoms with Crippen LogP contribution in [-0.4, -0.2) is 39.6 Å². The van der Waals surface area contributed by atoms with Crippen molar-refractivity contribution in [3.05, 3.63) is 47.7 Å². The predicted molar refractivity (Wildman–Crippen MR) is 90.2 cm³/mol. The zero-order chi connectivity index (χ0) is 17.1. The molecular formula is C17H21N5O2. The molecule has 2 amide bonds. The van der Waals surface area contributed by atoms with Crippen LogP contribution < -0.4 is 11.1 Å². The molecule has 7 heteroatoms. The lowest BCUT2D eigenvalue weighted by atomic mass is 10.2. The third kappa shape index (κ3) is 3.46. The van der Waals surface area contributed by atoms with Gasteiger partial charge in [-0.2, -0.15) is 5.10 Å². The Balaban J connectivity index is 1.70. The van der Waals surface area contributed by atoms with Gasteiger partial charge in [-0.15, -0.1) is 0 Å². The molecule has 24 heavy (non-hydrogen) atoms. The first-order valence-corrected chi connectivity index (χ1v) is 7.96. The highest BCUT2D eigenvalue weighted by atomic mass is 16.2. The number of hydrogen-bond acceptors (Lipinski definition) is 4. The topological polar surface area (TPSA) is 93.2 Å². The van der Waals surface area contributed by atoms with E-state index >= 15 is 0 Å². The van der Waals surface area contributed by atoms with Crippen molar-refractivity contribution in [3.8, 4) is 0 Å². The number of rotatable bonds is 4. The Kier molecular flexibility index (Phi) is 4.61. The molecule has 3 N–H and O–H groups in total. The second kappa shape index (κ2) is 6.84. The first-order valence-electron chi connectivity index (χ1n) is 7.96. The maximum Gasteiger partial charge on any atom is 0.314 e. The van der Waals surface area contributed by atoms with Crippen LogP contribution in [0.3, 0.4) is 0 Å². The molecule has 2 aromatic rings. The smallest absolute Gasteiger partial charge is 0.314 e. The summed E-state index contributed by atoms with van der Waals surface area (Å²) >= 11 is 0. The molecule has 0 radical (unpaired) electrons. The van der Waals surface area contributed by atoms with Crippen LogP contribution in [0.2, 0.25) is 0 Å². The van der Waals surface area contributed by atoms with Gasteiger partial charge in [0, 0.05) is 25.2 Å². The van der Waals surface area contributed by atoms with Crippen molar-refractivity contribution < 1.29 is 9.59 Å². The molecule has 3 rings (SSSR count). The van der Waals surface area contributed by atoms with Gasteiger partial charge in [0.05, 0.1) is 12.2 Å². The molecule has 0 aliphatic carbocycles. The largest absolute Gasteiger partial charge is 0.361 e. The van der Waals surface area contributed by atoms with Gasteiger partial charge < -0.3 is 11.1 Å². The van der Waals surface area contributed by atoms with E-state index in [1.54, 1.807) is 10.9 Å². The number of nitrogens with zero attached hydrogens (tertiary/aromatic N) is 3. The number of aryl methyl sites for hydroxylation is 1. The number of benzene rings is 1. The van der Waals surface area contributed by atoms with Gasteiger partial charge in [-0.25, -0.2) is 4.68 Å². The van der Waals surface area contributed by atoms with Crippen LogP contribution in [-0.2, 0) is 16.1 Å². The predicted octanol–water partition coefficient (Wildman–Crippen LogP) is 1.06. The van der Waals surface area contributed by atoms with Gasteiger partial charge >= 0.3 is 11.8 Å². The van der Waals surface area contributed by atoms with Crippen molar-refractivity contribution in [2.75, 3.05) is 18.4 Å². The highest BCUT2D eigenvalue weighted by Crippen LogP contribution is 2.27. The molecule has 1 aromatic heterocycles. The van der Waals surface area contributed by atoms with Crippen LogP contribution in [0.1, 0.15) is 23.6 Å². The van der Waals surface area contributed by atoms with E-state index in [0.29, 0.717) is 5.82 Å². The summed E-state index contributed by atoms with van der Waals surface area (Å²) < 4.78 is 1.79. The number of hydrogen-bond donors (Lipinski definition) is 2. The van der Waals surface area contributed by atoms with E-state index < -0.39 is 11.8 Å². The summed E-state index contributed by atoms with van der Waals surface area (Å²) in [7, 11) is 0. The fourth-order valence-electron chi connectivity index (χ4n) is 3.05. The van der Waals surface area contributed by atoms with Crippen molar-refractivity contribution >= 4 is 17.6 Å². The number of carbonyl (C=O) groups is 2. The van der Waals surface area contributed by atoms with E-state index in [0.717, 1.165) is 31.6 Å². The third-order valence-corrected chi connectivity index (χ3v) is 4.28. The maximum absolute atomic E-state index is 11.6. The third-order valence-electron chi connectivity index (χ3n) is 4.28. The van der Waals surface area contributed by atoms with Crippen LogP contribution in [0.5, 0.6) is 0 Å². The minimum Gasteiger partial charge on any atom is -0.361 e. The van der Waals surface area contributed by atoms with E-state index in [1.165, 1.54) is 5.56 Å². The number of carbonyl (C=O) groups excluding carboxylic acids is 2. The van der Waals surface area contributed by atoms with Crippen molar-refractivity contribution in [1.82, 2.24) is 14.7 Å². The summed E-state index contributed by atoms with van der Waals surface area (Å²) in [5.74, 6) is -1.27. The molecule has 1 atom stereocenters. The summed E-state index contributed by atoms with van der Waals surface area (Å²) in [4.78, 5) is 25.0. The van der Waals surface area contributed by atoms with Gasteiger partial charge in [-0.3, -0.25) is 14.5 Å². The Labute approximate surface area is 140 Å². The lowest BCUT2D eigenvalue weighted by Crippen LogP contribution is -2.31. The van der Waals surface area contributed by atoms with Crippen molar-refractivity contribution in [2.24, 2.45) is 5.73 Å². The van der Waals surface area contributed by atoms with Crippen molar-refractivity contribution in [2.45, 2.75) is 25.9 Å². The van der Waals surface area contributed by atoms with E-state index in [-0.39, 0.29) is 6.04 Å². The molecule has 126 valence electrons. The maximum atomic E-state index is 11.6. The fourth-order valence-corrected chi connectivity index (χ4v) is 3.05. The summed E-state index contributed by atoms with van der Waals surface area (Å²) in [5.41, 5.74) is 7.11. The Bertz CT molecular complexity index is 741. The van der Waals surface area contributed by atoms with Crippen LogP contribution in [0.15, 0.2) is 36.5 Å². The van der Waals surface area contributed by atoms with E-state index in [1.807, 2.05) is 25.1 Å². The van der Waals surface area contributed by atoms with Gasteiger partial charge in [-0.1, -0.05) is 30.3 Å². The number of amides is 2. The first kappa shape index (κ1) is 16.2. The molecule has 0 saturated carbocycles. The molecule has 1 aromatic carbocycles. The minimum atomic E-state index is -1.00. The van der Waals surface area contributed by atoms with E-state index in [9.17, 15) is 9.59 Å². The summed E-state index contributed by atoms with van der Waals surface area (Å²) in [6.45, 7) is 4.54. The van der Waals surface area contributed by atoms with Crippen molar-refractivity contribution in [3.63, 3.8) is 0 Å².